The van der Waals surface area contributed by atoms with E-state index in [1.807, 2.05) is 13.8 Å². The summed E-state index contributed by atoms with van der Waals surface area (Å²) in [6, 6.07) is 6.31. The largest absolute Gasteiger partial charge is 0.434 e. The van der Waals surface area contributed by atoms with Crippen LogP contribution in [0.15, 0.2) is 24.3 Å². The molecule has 0 radical (unpaired) electrons. The van der Waals surface area contributed by atoms with Gasteiger partial charge in [0.15, 0.2) is 0 Å². The molecule has 1 aliphatic rings. The van der Waals surface area contributed by atoms with Crippen molar-refractivity contribution in [2.75, 3.05) is 13.1 Å². The van der Waals surface area contributed by atoms with E-state index in [4.69, 9.17) is 0 Å². The maximum absolute atomic E-state index is 12.4. The number of carbonyl (C=O) groups excluding carboxylic acids is 2. The number of likely N-dealkylation sites (tertiary alicyclic amines) is 1. The Kier molecular flexibility index (Phi) is 6.11. The van der Waals surface area contributed by atoms with Crippen LogP contribution in [0.1, 0.15) is 25.8 Å². The predicted octanol–water partition coefficient (Wildman–Crippen LogP) is 2.41. The van der Waals surface area contributed by atoms with Gasteiger partial charge in [0.25, 0.3) is 0 Å². The topological polar surface area (TPSA) is 58.6 Å². The molecule has 1 fully saturated rings. The summed E-state index contributed by atoms with van der Waals surface area (Å²) in [6.45, 7) is 2.22. The molecule has 1 heterocycles. The van der Waals surface area contributed by atoms with Crippen molar-refractivity contribution >= 4 is 11.8 Å². The van der Waals surface area contributed by atoms with E-state index in [-0.39, 0.29) is 30.5 Å². The average Bonchev–Trinajstić information content (AvgIpc) is 2.86. The highest BCUT2D eigenvalue weighted by Crippen LogP contribution is 2.22. The Labute approximate surface area is 140 Å². The monoisotopic (exact) mass is 340 g/mol. The van der Waals surface area contributed by atoms with Crippen molar-refractivity contribution in [1.29, 1.82) is 0 Å². The van der Waals surface area contributed by atoms with Crippen molar-refractivity contribution < 1.29 is 23.1 Å². The average molecular weight is 340 g/mol. The molecule has 0 bridgehead atoms. The lowest BCUT2D eigenvalue weighted by molar-refractivity contribution is -0.129. The minimum atomic E-state index is -2.92. The highest BCUT2D eigenvalue weighted by molar-refractivity contribution is 5.89. The van der Waals surface area contributed by atoms with Crippen molar-refractivity contribution in [2.45, 2.75) is 33.4 Å². The first-order valence-electron chi connectivity index (χ1n) is 7.95. The summed E-state index contributed by atoms with van der Waals surface area (Å²) < 4.78 is 29.2. The molecule has 0 aromatic heterocycles. The Balaban J connectivity index is 1.91. The van der Waals surface area contributed by atoms with Crippen molar-refractivity contribution in [3.8, 4) is 5.75 Å². The number of hydrogen-bond acceptors (Lipinski definition) is 3. The number of para-hydroxylation sites is 1. The number of hydrogen-bond donors (Lipinski definition) is 1. The number of nitrogens with one attached hydrogen (secondary N) is 1. The van der Waals surface area contributed by atoms with Gasteiger partial charge in [0.1, 0.15) is 5.75 Å². The maximum Gasteiger partial charge on any atom is 0.387 e. The van der Waals surface area contributed by atoms with Gasteiger partial charge >= 0.3 is 6.61 Å². The van der Waals surface area contributed by atoms with E-state index in [1.165, 1.54) is 6.07 Å². The Morgan fingerprint density at radius 3 is 2.75 bits per heavy atom. The van der Waals surface area contributed by atoms with Crippen LogP contribution < -0.4 is 10.1 Å². The van der Waals surface area contributed by atoms with Crippen LogP contribution >= 0.6 is 0 Å². The van der Waals surface area contributed by atoms with Crippen LogP contribution in [0.3, 0.4) is 0 Å². The van der Waals surface area contributed by atoms with Crippen LogP contribution in [0, 0.1) is 11.8 Å². The van der Waals surface area contributed by atoms with Crippen LogP contribution in [0.4, 0.5) is 8.78 Å². The third kappa shape index (κ3) is 4.91. The zero-order valence-corrected chi connectivity index (χ0v) is 13.8. The number of halogens is 2. The summed E-state index contributed by atoms with van der Waals surface area (Å²) in [5, 5.41) is 2.71. The first-order chi connectivity index (χ1) is 11.4. The molecule has 1 atom stereocenters. The standard InChI is InChI=1S/C17H22F2N2O3/c1-11(2)9-21-10-13(7-15(21)22)16(23)20-8-12-5-3-4-6-14(12)24-17(18)19/h3-6,11,13,17H,7-10H2,1-2H3,(H,20,23). The molecule has 24 heavy (non-hydrogen) atoms. The van der Waals surface area contributed by atoms with Crippen molar-refractivity contribution in [2.24, 2.45) is 11.8 Å². The van der Waals surface area contributed by atoms with Gasteiger partial charge < -0.3 is 15.0 Å². The Bertz CT molecular complexity index is 593. The van der Waals surface area contributed by atoms with E-state index in [0.29, 0.717) is 24.6 Å². The zero-order valence-electron chi connectivity index (χ0n) is 13.8. The third-order valence-corrected chi connectivity index (χ3v) is 3.81. The first-order valence-corrected chi connectivity index (χ1v) is 7.95. The second kappa shape index (κ2) is 8.08. The SMILES string of the molecule is CC(C)CN1CC(C(=O)NCc2ccccc2OC(F)F)CC1=O. The van der Waals surface area contributed by atoms with Gasteiger partial charge in [0.2, 0.25) is 11.8 Å². The molecule has 0 spiro atoms. The third-order valence-electron chi connectivity index (χ3n) is 3.81. The molecular formula is C17H22F2N2O3. The minimum absolute atomic E-state index is 0.0229. The number of carbonyl (C=O) groups is 2. The first kappa shape index (κ1) is 18.2. The van der Waals surface area contributed by atoms with Gasteiger partial charge in [-0.3, -0.25) is 9.59 Å². The highest BCUT2D eigenvalue weighted by atomic mass is 19.3. The normalized spacial score (nSPS) is 17.7. The van der Waals surface area contributed by atoms with Gasteiger partial charge in [0, 0.05) is 31.6 Å². The lowest BCUT2D eigenvalue weighted by Crippen LogP contribution is -2.33. The quantitative estimate of drug-likeness (QED) is 0.829. The highest BCUT2D eigenvalue weighted by Gasteiger charge is 2.34. The van der Waals surface area contributed by atoms with E-state index in [9.17, 15) is 18.4 Å². The van der Waals surface area contributed by atoms with E-state index in [2.05, 4.69) is 10.1 Å². The minimum Gasteiger partial charge on any atom is -0.434 e. The smallest absolute Gasteiger partial charge is 0.387 e. The van der Waals surface area contributed by atoms with Crippen LogP contribution in [-0.4, -0.2) is 36.4 Å². The molecule has 1 aliphatic heterocycles. The summed E-state index contributed by atoms with van der Waals surface area (Å²) in [5.41, 5.74) is 0.467. The molecule has 0 aliphatic carbocycles. The Morgan fingerprint density at radius 1 is 1.38 bits per heavy atom. The fourth-order valence-electron chi connectivity index (χ4n) is 2.75. The van der Waals surface area contributed by atoms with Crippen LogP contribution in [0.5, 0.6) is 5.75 Å². The summed E-state index contributed by atoms with van der Waals surface area (Å²) >= 11 is 0. The molecule has 132 valence electrons. The molecule has 7 heteroatoms. The van der Waals surface area contributed by atoms with E-state index in [1.54, 1.807) is 23.1 Å². The molecule has 0 saturated carbocycles. The molecule has 5 nitrogen and oxygen atoms in total. The fourth-order valence-corrected chi connectivity index (χ4v) is 2.75. The summed E-state index contributed by atoms with van der Waals surface area (Å²) in [7, 11) is 0. The van der Waals surface area contributed by atoms with Crippen molar-refractivity contribution in [3.63, 3.8) is 0 Å². The summed E-state index contributed by atoms with van der Waals surface area (Å²) in [5.74, 6) is -0.294. The number of amides is 2. The van der Waals surface area contributed by atoms with Crippen molar-refractivity contribution in [1.82, 2.24) is 10.2 Å². The molecule has 1 aromatic carbocycles. The molecular weight excluding hydrogens is 318 g/mol. The van der Waals surface area contributed by atoms with Gasteiger partial charge in [0.05, 0.1) is 5.92 Å². The molecule has 2 amide bonds. The number of ether oxygens (including phenoxy) is 1. The number of benzene rings is 1. The van der Waals surface area contributed by atoms with E-state index >= 15 is 0 Å². The number of rotatable bonds is 7. The Hall–Kier alpha value is -2.18. The maximum atomic E-state index is 12.4. The number of nitrogens with zero attached hydrogens (tertiary/aromatic N) is 1. The van der Waals surface area contributed by atoms with Gasteiger partial charge in [-0.05, 0) is 12.0 Å². The Morgan fingerprint density at radius 2 is 2.08 bits per heavy atom. The second-order valence-corrected chi connectivity index (χ2v) is 6.30. The van der Waals surface area contributed by atoms with Gasteiger partial charge in [-0.1, -0.05) is 32.0 Å². The molecule has 1 saturated heterocycles. The second-order valence-electron chi connectivity index (χ2n) is 6.30. The van der Waals surface area contributed by atoms with Crippen molar-refractivity contribution in [3.05, 3.63) is 29.8 Å². The van der Waals surface area contributed by atoms with Gasteiger partial charge in [-0.2, -0.15) is 8.78 Å². The van der Waals surface area contributed by atoms with E-state index in [0.717, 1.165) is 0 Å². The molecule has 1 N–H and O–H groups in total. The lowest BCUT2D eigenvalue weighted by Gasteiger charge is -2.18. The molecule has 1 aromatic rings. The van der Waals surface area contributed by atoms with Gasteiger partial charge in [-0.25, -0.2) is 0 Å². The predicted molar refractivity (Wildman–Crippen MR) is 84.4 cm³/mol. The fraction of sp³-hybridized carbons (Fsp3) is 0.529. The van der Waals surface area contributed by atoms with Crippen LogP contribution in [0.2, 0.25) is 0 Å². The van der Waals surface area contributed by atoms with Crippen LogP contribution in [0.25, 0.3) is 0 Å². The molecule has 1 unspecified atom stereocenters. The van der Waals surface area contributed by atoms with Gasteiger partial charge in [-0.15, -0.1) is 0 Å². The zero-order chi connectivity index (χ0) is 17.7. The molecule has 2 rings (SSSR count). The van der Waals surface area contributed by atoms with Crippen LogP contribution in [-0.2, 0) is 16.1 Å². The number of alkyl halides is 2. The van der Waals surface area contributed by atoms with E-state index < -0.39 is 12.5 Å². The summed E-state index contributed by atoms with van der Waals surface area (Å²) in [4.78, 5) is 25.9. The summed E-state index contributed by atoms with van der Waals surface area (Å²) in [6.07, 6.45) is 0.188. The lowest BCUT2D eigenvalue weighted by atomic mass is 10.1.